The molecular weight excluding hydrogens is 358 g/mol. The second kappa shape index (κ2) is 7.05. The monoisotopic (exact) mass is 383 g/mol. The summed E-state index contributed by atoms with van der Waals surface area (Å²) < 4.78 is 2.36. The largest absolute Gasteiger partial charge is 0.368 e. The fourth-order valence-corrected chi connectivity index (χ4v) is 4.90. The van der Waals surface area contributed by atoms with E-state index >= 15 is 0 Å². The predicted molar refractivity (Wildman–Crippen MR) is 118 cm³/mol. The van der Waals surface area contributed by atoms with Crippen molar-refractivity contribution >= 4 is 27.7 Å². The summed E-state index contributed by atoms with van der Waals surface area (Å²) in [5, 5.41) is 2.55. The molecule has 4 nitrogen and oxygen atoms in total. The first kappa shape index (κ1) is 18.0. The Bertz CT molecular complexity index is 1220. The number of aromatic nitrogens is 1. The number of primary amides is 1. The van der Waals surface area contributed by atoms with Crippen molar-refractivity contribution in [2.24, 2.45) is 5.73 Å². The van der Waals surface area contributed by atoms with Crippen molar-refractivity contribution in [2.75, 3.05) is 6.54 Å². The third kappa shape index (κ3) is 2.91. The van der Waals surface area contributed by atoms with Gasteiger partial charge in [0.2, 0.25) is 5.91 Å². The molecule has 4 heteroatoms. The second-order valence-corrected chi connectivity index (χ2v) is 7.84. The Kier molecular flexibility index (Phi) is 4.36. The van der Waals surface area contributed by atoms with E-state index in [9.17, 15) is 4.79 Å². The number of benzene rings is 3. The van der Waals surface area contributed by atoms with Crippen LogP contribution in [0.5, 0.6) is 0 Å². The molecule has 0 saturated carbocycles. The Morgan fingerprint density at radius 1 is 1.00 bits per heavy atom. The van der Waals surface area contributed by atoms with Gasteiger partial charge in [-0.2, -0.15) is 0 Å². The van der Waals surface area contributed by atoms with E-state index in [1.165, 1.54) is 32.9 Å². The number of fused-ring (bicyclic) bond motifs is 4. The normalized spacial score (nSPS) is 16.9. The summed E-state index contributed by atoms with van der Waals surface area (Å²) in [6.07, 6.45) is 0.942. The Morgan fingerprint density at radius 3 is 2.59 bits per heavy atom. The van der Waals surface area contributed by atoms with Crippen molar-refractivity contribution < 1.29 is 4.79 Å². The Balaban J connectivity index is 1.55. The van der Waals surface area contributed by atoms with E-state index in [0.717, 1.165) is 25.1 Å². The topological polar surface area (TPSA) is 51.3 Å². The van der Waals surface area contributed by atoms with Crippen LogP contribution in [0.15, 0.2) is 66.7 Å². The lowest BCUT2D eigenvalue weighted by atomic mass is 9.91. The van der Waals surface area contributed by atoms with E-state index in [1.807, 2.05) is 18.2 Å². The van der Waals surface area contributed by atoms with Crippen LogP contribution in [0, 0.1) is 0 Å². The SMILES string of the molecule is CCn1c2ccccc2c2cc(CN3CCc4ccccc4C3C(N)=O)ccc21. The molecule has 1 aliphatic heterocycles. The van der Waals surface area contributed by atoms with Crippen LogP contribution in [-0.4, -0.2) is 21.9 Å². The molecule has 4 aromatic rings. The van der Waals surface area contributed by atoms with Crippen molar-refractivity contribution in [3.8, 4) is 0 Å². The van der Waals surface area contributed by atoms with E-state index in [-0.39, 0.29) is 11.9 Å². The minimum atomic E-state index is -0.368. The van der Waals surface area contributed by atoms with Crippen LogP contribution in [0.2, 0.25) is 0 Å². The molecule has 0 bridgehead atoms. The third-order valence-electron chi connectivity index (χ3n) is 6.19. The molecule has 3 aromatic carbocycles. The van der Waals surface area contributed by atoms with Crippen molar-refractivity contribution in [3.63, 3.8) is 0 Å². The molecule has 2 heterocycles. The average molecular weight is 383 g/mol. The minimum absolute atomic E-state index is 0.277. The number of hydrogen-bond donors (Lipinski definition) is 1. The van der Waals surface area contributed by atoms with Gasteiger partial charge in [-0.1, -0.05) is 48.5 Å². The van der Waals surface area contributed by atoms with Crippen molar-refractivity contribution in [1.82, 2.24) is 9.47 Å². The molecule has 0 spiro atoms. The molecule has 2 N–H and O–H groups in total. The zero-order chi connectivity index (χ0) is 20.0. The first-order valence-corrected chi connectivity index (χ1v) is 10.3. The minimum Gasteiger partial charge on any atom is -0.368 e. The highest BCUT2D eigenvalue weighted by atomic mass is 16.1. The molecular formula is C25H25N3O. The van der Waals surface area contributed by atoms with Crippen LogP contribution < -0.4 is 5.73 Å². The lowest BCUT2D eigenvalue weighted by Gasteiger charge is -2.35. The van der Waals surface area contributed by atoms with E-state index in [1.54, 1.807) is 0 Å². The molecule has 0 saturated heterocycles. The number of carbonyl (C=O) groups is 1. The number of aryl methyl sites for hydroxylation is 1. The molecule has 1 aliphatic rings. The zero-order valence-corrected chi connectivity index (χ0v) is 16.6. The van der Waals surface area contributed by atoms with Crippen LogP contribution >= 0.6 is 0 Å². The molecule has 1 unspecified atom stereocenters. The molecule has 5 rings (SSSR count). The zero-order valence-electron chi connectivity index (χ0n) is 16.6. The Hall–Kier alpha value is -3.11. The predicted octanol–water partition coefficient (Wildman–Crippen LogP) is 4.40. The van der Waals surface area contributed by atoms with E-state index in [0.29, 0.717) is 6.54 Å². The molecule has 0 aliphatic carbocycles. The quantitative estimate of drug-likeness (QED) is 0.568. The highest BCUT2D eigenvalue weighted by molar-refractivity contribution is 6.08. The fourth-order valence-electron chi connectivity index (χ4n) is 4.90. The maximum atomic E-state index is 12.3. The Labute approximate surface area is 170 Å². The molecule has 1 aromatic heterocycles. The van der Waals surface area contributed by atoms with Gasteiger partial charge in [-0.25, -0.2) is 0 Å². The van der Waals surface area contributed by atoms with E-state index in [2.05, 4.69) is 64.9 Å². The molecule has 0 fully saturated rings. The standard InChI is InChI=1S/C25H25N3O/c1-2-28-22-10-6-5-9-20(22)21-15-17(11-12-23(21)28)16-27-14-13-18-7-3-4-8-19(18)24(27)25(26)29/h3-12,15,24H,2,13-14,16H2,1H3,(H2,26,29). The number of nitrogens with two attached hydrogens (primary N) is 1. The second-order valence-electron chi connectivity index (χ2n) is 7.84. The van der Waals surface area contributed by atoms with Gasteiger partial charge in [0.05, 0.1) is 0 Å². The summed E-state index contributed by atoms with van der Waals surface area (Å²) in [6, 6.07) is 23.0. The van der Waals surface area contributed by atoms with Gasteiger partial charge in [-0.15, -0.1) is 0 Å². The average Bonchev–Trinajstić information content (AvgIpc) is 3.06. The number of amides is 1. The van der Waals surface area contributed by atoms with Gasteiger partial charge in [0.25, 0.3) is 0 Å². The maximum Gasteiger partial charge on any atom is 0.239 e. The number of hydrogen-bond acceptors (Lipinski definition) is 2. The summed E-state index contributed by atoms with van der Waals surface area (Å²) >= 11 is 0. The van der Waals surface area contributed by atoms with Gasteiger partial charge in [-0.3, -0.25) is 9.69 Å². The summed E-state index contributed by atoms with van der Waals surface area (Å²) in [5.41, 5.74) is 11.8. The fraction of sp³-hybridized carbons (Fsp3) is 0.240. The summed E-state index contributed by atoms with van der Waals surface area (Å²) in [5.74, 6) is -0.277. The summed E-state index contributed by atoms with van der Waals surface area (Å²) in [6.45, 7) is 4.67. The first-order chi connectivity index (χ1) is 14.2. The summed E-state index contributed by atoms with van der Waals surface area (Å²) in [4.78, 5) is 14.5. The van der Waals surface area contributed by atoms with Gasteiger partial charge in [0, 0.05) is 41.4 Å². The highest BCUT2D eigenvalue weighted by Crippen LogP contribution is 2.33. The van der Waals surface area contributed by atoms with Crippen LogP contribution in [0.25, 0.3) is 21.8 Å². The van der Waals surface area contributed by atoms with Crippen LogP contribution in [-0.2, 0) is 24.3 Å². The van der Waals surface area contributed by atoms with Crippen molar-refractivity contribution in [2.45, 2.75) is 32.5 Å². The lowest BCUT2D eigenvalue weighted by Crippen LogP contribution is -2.42. The van der Waals surface area contributed by atoms with Gasteiger partial charge in [0.15, 0.2) is 0 Å². The highest BCUT2D eigenvalue weighted by Gasteiger charge is 2.31. The van der Waals surface area contributed by atoms with Crippen LogP contribution in [0.1, 0.15) is 29.7 Å². The molecule has 0 radical (unpaired) electrons. The van der Waals surface area contributed by atoms with E-state index < -0.39 is 0 Å². The van der Waals surface area contributed by atoms with Gasteiger partial charge < -0.3 is 10.3 Å². The van der Waals surface area contributed by atoms with Crippen LogP contribution in [0.3, 0.4) is 0 Å². The third-order valence-corrected chi connectivity index (χ3v) is 6.19. The molecule has 1 atom stereocenters. The number of para-hydroxylation sites is 1. The lowest BCUT2D eigenvalue weighted by molar-refractivity contribution is -0.124. The van der Waals surface area contributed by atoms with E-state index in [4.69, 9.17) is 5.73 Å². The first-order valence-electron chi connectivity index (χ1n) is 10.3. The van der Waals surface area contributed by atoms with Crippen LogP contribution in [0.4, 0.5) is 0 Å². The van der Waals surface area contributed by atoms with Gasteiger partial charge >= 0.3 is 0 Å². The van der Waals surface area contributed by atoms with Crippen molar-refractivity contribution in [1.29, 1.82) is 0 Å². The molecule has 146 valence electrons. The number of rotatable bonds is 4. The molecule has 1 amide bonds. The smallest absolute Gasteiger partial charge is 0.239 e. The Morgan fingerprint density at radius 2 is 1.76 bits per heavy atom. The molecule has 29 heavy (non-hydrogen) atoms. The van der Waals surface area contributed by atoms with Crippen molar-refractivity contribution in [3.05, 3.63) is 83.4 Å². The van der Waals surface area contributed by atoms with Gasteiger partial charge in [0.1, 0.15) is 6.04 Å². The van der Waals surface area contributed by atoms with Gasteiger partial charge in [-0.05, 0) is 48.2 Å². The number of carbonyl (C=O) groups excluding carboxylic acids is 1. The number of nitrogens with zero attached hydrogens (tertiary/aromatic N) is 2. The maximum absolute atomic E-state index is 12.3. The summed E-state index contributed by atoms with van der Waals surface area (Å²) in [7, 11) is 0.